The van der Waals surface area contributed by atoms with Crippen LogP contribution in [0.1, 0.15) is 27.0 Å². The van der Waals surface area contributed by atoms with Gasteiger partial charge in [-0.05, 0) is 41.8 Å². The highest BCUT2D eigenvalue weighted by atomic mass is 16.2. The van der Waals surface area contributed by atoms with Crippen molar-refractivity contribution in [3.63, 3.8) is 0 Å². The van der Waals surface area contributed by atoms with Gasteiger partial charge in [0.2, 0.25) is 0 Å². The molecule has 9 nitrogen and oxygen atoms in total. The summed E-state index contributed by atoms with van der Waals surface area (Å²) in [6, 6.07) is 15.4. The molecule has 0 radical (unpaired) electrons. The molecule has 0 spiro atoms. The van der Waals surface area contributed by atoms with Gasteiger partial charge in [0.1, 0.15) is 0 Å². The molecule has 0 saturated heterocycles. The molecule has 1 aliphatic rings. The minimum absolute atomic E-state index is 0.162. The summed E-state index contributed by atoms with van der Waals surface area (Å²) in [4.78, 5) is 24.8. The number of benzene rings is 2. The van der Waals surface area contributed by atoms with E-state index in [1.165, 1.54) is 6.20 Å². The summed E-state index contributed by atoms with van der Waals surface area (Å²) in [5, 5.41) is 19.6. The Labute approximate surface area is 189 Å². The van der Waals surface area contributed by atoms with Crippen molar-refractivity contribution in [2.24, 2.45) is 7.05 Å². The first-order chi connectivity index (χ1) is 16.0. The van der Waals surface area contributed by atoms with Crippen LogP contribution in [0.25, 0.3) is 5.57 Å². The van der Waals surface area contributed by atoms with Crippen LogP contribution in [0.5, 0.6) is 0 Å². The summed E-state index contributed by atoms with van der Waals surface area (Å²) in [6.07, 6.45) is 7.22. The van der Waals surface area contributed by atoms with Crippen molar-refractivity contribution in [3.05, 3.63) is 95.6 Å². The molecule has 0 atom stereocenters. The van der Waals surface area contributed by atoms with Crippen LogP contribution in [0.3, 0.4) is 0 Å². The fourth-order valence-corrected chi connectivity index (χ4v) is 3.71. The highest BCUT2D eigenvalue weighted by Crippen LogP contribution is 2.33. The topological polar surface area (TPSA) is 117 Å². The Morgan fingerprint density at radius 2 is 2.03 bits per heavy atom. The monoisotopic (exact) mass is 439 g/mol. The summed E-state index contributed by atoms with van der Waals surface area (Å²) >= 11 is 0. The lowest BCUT2D eigenvalue weighted by Gasteiger charge is -2.08. The molecule has 1 aliphatic heterocycles. The van der Waals surface area contributed by atoms with Crippen LogP contribution >= 0.6 is 0 Å². The minimum Gasteiger partial charge on any atom is -0.344 e. The summed E-state index contributed by atoms with van der Waals surface area (Å²) in [5.41, 5.74) is 5.46. The average Bonchev–Trinajstić information content (AvgIpc) is 3.53. The van der Waals surface area contributed by atoms with E-state index in [-0.39, 0.29) is 11.8 Å². The second-order valence-corrected chi connectivity index (χ2v) is 7.73. The summed E-state index contributed by atoms with van der Waals surface area (Å²) in [6.45, 7) is 0. The fraction of sp³-hybridized carbons (Fsp3) is 0.0833. The number of aromatic amines is 1. The maximum Gasteiger partial charge on any atom is 0.258 e. The lowest BCUT2D eigenvalue weighted by molar-refractivity contribution is -0.110. The Balaban J connectivity index is 1.33. The van der Waals surface area contributed by atoms with Crippen LogP contribution in [-0.4, -0.2) is 31.8 Å². The largest absolute Gasteiger partial charge is 0.344 e. The Hall–Kier alpha value is -4.66. The summed E-state index contributed by atoms with van der Waals surface area (Å²) in [5.74, 6) is 0.261. The van der Waals surface area contributed by atoms with Crippen molar-refractivity contribution in [2.75, 3.05) is 16.0 Å². The molecule has 0 saturated carbocycles. The van der Waals surface area contributed by atoms with Gasteiger partial charge in [0.05, 0.1) is 17.3 Å². The third-order valence-corrected chi connectivity index (χ3v) is 5.29. The fourth-order valence-electron chi connectivity index (χ4n) is 3.71. The van der Waals surface area contributed by atoms with Gasteiger partial charge >= 0.3 is 0 Å². The minimum atomic E-state index is -0.207. The molecule has 3 heterocycles. The number of hydrogen-bond donors (Lipinski definition) is 4. The number of anilines is 3. The second kappa shape index (κ2) is 8.46. The number of fused-ring (bicyclic) bond motifs is 1. The van der Waals surface area contributed by atoms with Crippen LogP contribution < -0.4 is 16.0 Å². The van der Waals surface area contributed by atoms with Crippen molar-refractivity contribution in [3.8, 4) is 0 Å². The lowest BCUT2D eigenvalue weighted by atomic mass is 9.99. The van der Waals surface area contributed by atoms with E-state index in [9.17, 15) is 9.59 Å². The number of nitrogens with one attached hydrogen (secondary N) is 4. The third kappa shape index (κ3) is 4.38. The standard InChI is InChI=1S/C24H21N7O2/c1-31-14-17(12-27-31)23(32)28-18-4-2-3-15(10-18)9-16-5-6-21-19(11-16)20(24(33)29-21)13-25-22-7-8-26-30-22/h2-8,10-14H,9H2,1H3,(H,28,32)(H,29,33)(H2,25,26,30)/b20-13-. The van der Waals surface area contributed by atoms with E-state index in [2.05, 4.69) is 31.2 Å². The highest BCUT2D eigenvalue weighted by Gasteiger charge is 2.24. The van der Waals surface area contributed by atoms with Crippen molar-refractivity contribution >= 4 is 34.6 Å². The molecular weight excluding hydrogens is 418 g/mol. The van der Waals surface area contributed by atoms with Gasteiger partial charge in [-0.2, -0.15) is 10.2 Å². The van der Waals surface area contributed by atoms with Crippen LogP contribution in [0, 0.1) is 0 Å². The van der Waals surface area contributed by atoms with E-state index in [1.54, 1.807) is 36.4 Å². The average molecular weight is 439 g/mol. The van der Waals surface area contributed by atoms with E-state index in [4.69, 9.17) is 0 Å². The lowest BCUT2D eigenvalue weighted by Crippen LogP contribution is -2.11. The Kier molecular flexibility index (Phi) is 5.19. The van der Waals surface area contributed by atoms with E-state index < -0.39 is 0 Å². The zero-order chi connectivity index (χ0) is 22.8. The number of rotatable bonds is 6. The van der Waals surface area contributed by atoms with Crippen molar-refractivity contribution < 1.29 is 9.59 Å². The molecule has 0 unspecified atom stereocenters. The van der Waals surface area contributed by atoms with E-state index in [1.807, 2.05) is 42.5 Å². The maximum atomic E-state index is 12.4. The molecule has 2 aromatic carbocycles. The van der Waals surface area contributed by atoms with Gasteiger partial charge in [0.15, 0.2) is 5.82 Å². The highest BCUT2D eigenvalue weighted by molar-refractivity contribution is 6.31. The van der Waals surface area contributed by atoms with E-state index in [0.717, 1.165) is 22.4 Å². The summed E-state index contributed by atoms with van der Waals surface area (Å²) < 4.78 is 1.59. The number of aryl methyl sites for hydroxylation is 1. The molecule has 5 rings (SSSR count). The van der Waals surface area contributed by atoms with Crippen LogP contribution in [0.4, 0.5) is 17.2 Å². The number of carbonyl (C=O) groups is 2. The molecule has 0 bridgehead atoms. The first kappa shape index (κ1) is 20.3. The van der Waals surface area contributed by atoms with Gasteiger partial charge in [-0.1, -0.05) is 18.2 Å². The maximum absolute atomic E-state index is 12.4. The number of hydrogen-bond acceptors (Lipinski definition) is 5. The predicted molar refractivity (Wildman–Crippen MR) is 126 cm³/mol. The van der Waals surface area contributed by atoms with Gasteiger partial charge in [0.25, 0.3) is 11.8 Å². The summed E-state index contributed by atoms with van der Waals surface area (Å²) in [7, 11) is 1.77. The van der Waals surface area contributed by atoms with Crippen molar-refractivity contribution in [1.82, 2.24) is 20.0 Å². The molecule has 0 aliphatic carbocycles. The second-order valence-electron chi connectivity index (χ2n) is 7.73. The zero-order valence-corrected chi connectivity index (χ0v) is 17.8. The molecule has 164 valence electrons. The zero-order valence-electron chi connectivity index (χ0n) is 17.8. The van der Waals surface area contributed by atoms with Gasteiger partial charge < -0.3 is 16.0 Å². The predicted octanol–water partition coefficient (Wildman–Crippen LogP) is 3.39. The van der Waals surface area contributed by atoms with Gasteiger partial charge in [0, 0.05) is 48.6 Å². The Morgan fingerprint density at radius 3 is 2.82 bits per heavy atom. The number of carbonyl (C=O) groups excluding carboxylic acids is 2. The van der Waals surface area contributed by atoms with Crippen LogP contribution in [0.2, 0.25) is 0 Å². The van der Waals surface area contributed by atoms with Crippen molar-refractivity contribution in [2.45, 2.75) is 6.42 Å². The smallest absolute Gasteiger partial charge is 0.258 e. The third-order valence-electron chi connectivity index (χ3n) is 5.29. The molecule has 9 heteroatoms. The molecule has 0 fully saturated rings. The quantitative estimate of drug-likeness (QED) is 0.344. The van der Waals surface area contributed by atoms with Crippen molar-refractivity contribution in [1.29, 1.82) is 0 Å². The molecular formula is C24H21N7O2. The van der Waals surface area contributed by atoms with Gasteiger partial charge in [-0.3, -0.25) is 19.4 Å². The first-order valence-electron chi connectivity index (χ1n) is 10.4. The molecule has 4 N–H and O–H groups in total. The molecule has 4 aromatic rings. The first-order valence-corrected chi connectivity index (χ1v) is 10.4. The number of aromatic nitrogens is 4. The number of amides is 2. The van der Waals surface area contributed by atoms with E-state index >= 15 is 0 Å². The number of H-pyrrole nitrogens is 1. The SMILES string of the molecule is Cn1cc(C(=O)Nc2cccc(Cc3ccc4c(c3)/C(=C/Nc3cc[nH]n3)C(=O)N4)c2)cn1. The molecule has 2 aromatic heterocycles. The normalized spacial score (nSPS) is 13.6. The Morgan fingerprint density at radius 1 is 1.15 bits per heavy atom. The van der Waals surface area contributed by atoms with E-state index in [0.29, 0.717) is 29.1 Å². The van der Waals surface area contributed by atoms with Crippen LogP contribution in [-0.2, 0) is 18.3 Å². The Bertz CT molecular complexity index is 1370. The van der Waals surface area contributed by atoms with Gasteiger partial charge in [-0.25, -0.2) is 0 Å². The van der Waals surface area contributed by atoms with Gasteiger partial charge in [-0.15, -0.1) is 0 Å². The molecule has 33 heavy (non-hydrogen) atoms. The molecule has 2 amide bonds. The van der Waals surface area contributed by atoms with Crippen LogP contribution in [0.15, 0.2) is 73.3 Å². The number of nitrogens with zero attached hydrogens (tertiary/aromatic N) is 3.